The second-order valence-electron chi connectivity index (χ2n) is 7.11. The number of nitrogens with zero attached hydrogens (tertiary/aromatic N) is 2. The molecular formula is C20H27N3O2. The Hall–Kier alpha value is -1.98. The Morgan fingerprint density at radius 2 is 2.08 bits per heavy atom. The van der Waals surface area contributed by atoms with Gasteiger partial charge in [-0.05, 0) is 44.7 Å². The van der Waals surface area contributed by atoms with Gasteiger partial charge in [0.2, 0.25) is 0 Å². The van der Waals surface area contributed by atoms with Crippen LogP contribution in [-0.2, 0) is 11.3 Å². The molecule has 1 aromatic carbocycles. The summed E-state index contributed by atoms with van der Waals surface area (Å²) in [5.41, 5.74) is 1.51. The van der Waals surface area contributed by atoms with Crippen molar-refractivity contribution in [3.63, 3.8) is 0 Å². The highest BCUT2D eigenvalue weighted by Crippen LogP contribution is 2.23. The average Bonchev–Trinajstić information content (AvgIpc) is 2.60. The molecule has 5 nitrogen and oxygen atoms in total. The first kappa shape index (κ1) is 17.8. The summed E-state index contributed by atoms with van der Waals surface area (Å²) in [6, 6.07) is 11.5. The van der Waals surface area contributed by atoms with Crippen molar-refractivity contribution >= 4 is 0 Å². The van der Waals surface area contributed by atoms with Crippen LogP contribution in [-0.4, -0.2) is 34.6 Å². The number of aryl methyl sites for hydroxylation is 1. The normalized spacial score (nSPS) is 23.5. The van der Waals surface area contributed by atoms with Gasteiger partial charge in [0.25, 0.3) is 5.56 Å². The second-order valence-corrected chi connectivity index (χ2v) is 7.11. The molecule has 5 heteroatoms. The van der Waals surface area contributed by atoms with Gasteiger partial charge in [-0.3, -0.25) is 4.79 Å². The van der Waals surface area contributed by atoms with E-state index in [9.17, 15) is 4.79 Å². The lowest BCUT2D eigenvalue weighted by atomic mass is 9.96. The Balaban J connectivity index is 1.58. The van der Waals surface area contributed by atoms with Crippen LogP contribution in [0.4, 0.5) is 0 Å². The Bertz CT molecular complexity index is 744. The minimum absolute atomic E-state index is 0.0240. The molecule has 0 spiro atoms. The largest absolute Gasteiger partial charge is 0.370 e. The lowest BCUT2D eigenvalue weighted by molar-refractivity contribution is -0.102. The van der Waals surface area contributed by atoms with Gasteiger partial charge in [-0.2, -0.15) is 5.10 Å². The Morgan fingerprint density at radius 3 is 2.84 bits per heavy atom. The zero-order valence-electron chi connectivity index (χ0n) is 15.1. The fourth-order valence-electron chi connectivity index (χ4n) is 3.46. The SMILES string of the molecule is CC1CNCC(C)(CCCCn2nccc(-c3ccccc3)c2=O)O1. The number of morpholine rings is 1. The van der Waals surface area contributed by atoms with Crippen LogP contribution < -0.4 is 10.9 Å². The monoisotopic (exact) mass is 341 g/mol. The lowest BCUT2D eigenvalue weighted by Gasteiger charge is -2.38. The lowest BCUT2D eigenvalue weighted by Crippen LogP contribution is -2.51. The van der Waals surface area contributed by atoms with Crippen LogP contribution in [0.15, 0.2) is 47.4 Å². The van der Waals surface area contributed by atoms with Crippen molar-refractivity contribution in [2.75, 3.05) is 13.1 Å². The molecular weight excluding hydrogens is 314 g/mol. The maximum absolute atomic E-state index is 12.6. The molecule has 3 rings (SSSR count). The first-order valence-corrected chi connectivity index (χ1v) is 9.07. The van der Waals surface area contributed by atoms with Gasteiger partial charge in [0.05, 0.1) is 17.3 Å². The van der Waals surface area contributed by atoms with Crippen molar-refractivity contribution < 1.29 is 4.74 Å². The minimum Gasteiger partial charge on any atom is -0.370 e. The van der Waals surface area contributed by atoms with E-state index in [1.165, 1.54) is 0 Å². The number of benzene rings is 1. The highest BCUT2D eigenvalue weighted by atomic mass is 16.5. The Labute approximate surface area is 149 Å². The van der Waals surface area contributed by atoms with Crippen molar-refractivity contribution in [3.05, 3.63) is 52.9 Å². The third-order valence-corrected chi connectivity index (χ3v) is 4.74. The number of hydrogen-bond acceptors (Lipinski definition) is 4. The molecule has 25 heavy (non-hydrogen) atoms. The van der Waals surface area contributed by atoms with E-state index in [-0.39, 0.29) is 17.3 Å². The number of rotatable bonds is 6. The van der Waals surface area contributed by atoms with Gasteiger partial charge in [0.1, 0.15) is 0 Å². The molecule has 0 radical (unpaired) electrons. The first-order valence-electron chi connectivity index (χ1n) is 9.07. The van der Waals surface area contributed by atoms with Crippen molar-refractivity contribution in [3.8, 4) is 11.1 Å². The fraction of sp³-hybridized carbons (Fsp3) is 0.500. The molecule has 0 saturated carbocycles. The van der Waals surface area contributed by atoms with Gasteiger partial charge >= 0.3 is 0 Å². The summed E-state index contributed by atoms with van der Waals surface area (Å²) in [5.74, 6) is 0. The van der Waals surface area contributed by atoms with Gasteiger partial charge in [0, 0.05) is 25.8 Å². The maximum Gasteiger partial charge on any atom is 0.274 e. The number of aromatic nitrogens is 2. The molecule has 2 heterocycles. The van der Waals surface area contributed by atoms with Crippen molar-refractivity contribution in [1.82, 2.24) is 15.1 Å². The third-order valence-electron chi connectivity index (χ3n) is 4.74. The van der Waals surface area contributed by atoms with Crippen LogP contribution in [0.25, 0.3) is 11.1 Å². The zero-order valence-corrected chi connectivity index (χ0v) is 15.1. The zero-order chi connectivity index (χ0) is 17.7. The molecule has 1 aliphatic rings. The second kappa shape index (κ2) is 7.93. The van der Waals surface area contributed by atoms with E-state index >= 15 is 0 Å². The standard InChI is InChI=1S/C20H27N3O2/c1-16-14-21-15-20(2,25-16)11-6-7-13-23-19(24)18(10-12-22-23)17-8-4-3-5-9-17/h3-5,8-10,12,16,21H,6-7,11,13-15H2,1-2H3. The summed E-state index contributed by atoms with van der Waals surface area (Å²) in [4.78, 5) is 12.6. The summed E-state index contributed by atoms with van der Waals surface area (Å²) in [6.45, 7) is 6.71. The number of ether oxygens (including phenoxy) is 1. The van der Waals surface area contributed by atoms with Crippen LogP contribution >= 0.6 is 0 Å². The molecule has 1 aliphatic heterocycles. The van der Waals surface area contributed by atoms with Crippen LogP contribution in [0.3, 0.4) is 0 Å². The van der Waals surface area contributed by atoms with E-state index in [2.05, 4.69) is 24.3 Å². The molecule has 1 aromatic heterocycles. The van der Waals surface area contributed by atoms with Crippen LogP contribution in [0.1, 0.15) is 33.1 Å². The number of nitrogens with one attached hydrogen (secondary N) is 1. The molecule has 2 unspecified atom stereocenters. The fourth-order valence-corrected chi connectivity index (χ4v) is 3.46. The molecule has 0 bridgehead atoms. The Kier molecular flexibility index (Phi) is 5.66. The highest BCUT2D eigenvalue weighted by Gasteiger charge is 2.30. The van der Waals surface area contributed by atoms with E-state index in [0.29, 0.717) is 12.1 Å². The quantitative estimate of drug-likeness (QED) is 0.821. The van der Waals surface area contributed by atoms with Gasteiger partial charge < -0.3 is 10.1 Å². The summed E-state index contributed by atoms with van der Waals surface area (Å²) >= 11 is 0. The summed E-state index contributed by atoms with van der Waals surface area (Å²) < 4.78 is 7.66. The van der Waals surface area contributed by atoms with Gasteiger partial charge in [-0.25, -0.2) is 4.68 Å². The van der Waals surface area contributed by atoms with Crippen molar-refractivity contribution in [2.45, 2.75) is 51.4 Å². The maximum atomic E-state index is 12.6. The third kappa shape index (κ3) is 4.55. The van der Waals surface area contributed by atoms with Gasteiger partial charge in [-0.1, -0.05) is 30.3 Å². The van der Waals surface area contributed by atoms with Crippen molar-refractivity contribution in [2.24, 2.45) is 0 Å². The summed E-state index contributed by atoms with van der Waals surface area (Å²) in [6.07, 6.45) is 4.87. The molecule has 0 amide bonds. The summed E-state index contributed by atoms with van der Waals surface area (Å²) in [7, 11) is 0. The van der Waals surface area contributed by atoms with Crippen LogP contribution in [0.5, 0.6) is 0 Å². The number of unbranched alkanes of at least 4 members (excludes halogenated alkanes) is 1. The molecule has 0 aliphatic carbocycles. The van der Waals surface area contributed by atoms with Crippen LogP contribution in [0.2, 0.25) is 0 Å². The number of hydrogen-bond donors (Lipinski definition) is 1. The summed E-state index contributed by atoms with van der Waals surface area (Å²) in [5, 5.41) is 7.66. The molecule has 1 N–H and O–H groups in total. The molecule has 1 fully saturated rings. The van der Waals surface area contributed by atoms with E-state index in [0.717, 1.165) is 37.9 Å². The van der Waals surface area contributed by atoms with E-state index < -0.39 is 0 Å². The molecule has 2 aromatic rings. The highest BCUT2D eigenvalue weighted by molar-refractivity contribution is 5.61. The van der Waals surface area contributed by atoms with Crippen LogP contribution in [0, 0.1) is 0 Å². The van der Waals surface area contributed by atoms with Gasteiger partial charge in [0.15, 0.2) is 0 Å². The topological polar surface area (TPSA) is 56.2 Å². The molecule has 134 valence electrons. The predicted molar refractivity (Wildman–Crippen MR) is 99.6 cm³/mol. The predicted octanol–water partition coefficient (Wildman–Crippen LogP) is 2.85. The van der Waals surface area contributed by atoms with E-state index in [1.807, 2.05) is 30.3 Å². The van der Waals surface area contributed by atoms with Crippen molar-refractivity contribution in [1.29, 1.82) is 0 Å². The van der Waals surface area contributed by atoms with E-state index in [4.69, 9.17) is 4.74 Å². The molecule has 2 atom stereocenters. The van der Waals surface area contributed by atoms with E-state index in [1.54, 1.807) is 16.9 Å². The Morgan fingerprint density at radius 1 is 1.28 bits per heavy atom. The average molecular weight is 341 g/mol. The minimum atomic E-state index is -0.109. The van der Waals surface area contributed by atoms with Gasteiger partial charge in [-0.15, -0.1) is 0 Å². The smallest absolute Gasteiger partial charge is 0.274 e. The first-order chi connectivity index (χ1) is 12.1. The molecule has 1 saturated heterocycles.